The van der Waals surface area contributed by atoms with Crippen molar-refractivity contribution in [3.05, 3.63) is 82.2 Å². The van der Waals surface area contributed by atoms with Crippen molar-refractivity contribution in [2.75, 3.05) is 13.2 Å². The Bertz CT molecular complexity index is 1470. The van der Waals surface area contributed by atoms with E-state index in [9.17, 15) is 14.7 Å². The number of benzene rings is 3. The first-order valence-electron chi connectivity index (χ1n) is 10.6. The van der Waals surface area contributed by atoms with E-state index in [1.807, 2.05) is 18.2 Å². The molecule has 33 heavy (non-hydrogen) atoms. The van der Waals surface area contributed by atoms with Crippen LogP contribution in [0.5, 0.6) is 23.0 Å². The third-order valence-electron chi connectivity index (χ3n) is 6.03. The van der Waals surface area contributed by atoms with Gasteiger partial charge in [0.15, 0.2) is 11.5 Å². The monoisotopic (exact) mass is 442 g/mol. The Hall–Kier alpha value is -4.26. The zero-order valence-electron chi connectivity index (χ0n) is 17.4. The molecule has 7 heteroatoms. The molecule has 0 amide bonds. The Labute approximate surface area is 187 Å². The number of aromatic hydroxyl groups is 1. The largest absolute Gasteiger partial charge is 0.508 e. The van der Waals surface area contributed by atoms with Crippen LogP contribution in [0.4, 0.5) is 0 Å². The van der Waals surface area contributed by atoms with Gasteiger partial charge in [0, 0.05) is 11.5 Å². The number of phenols is 1. The van der Waals surface area contributed by atoms with Gasteiger partial charge in [0.05, 0.1) is 17.4 Å². The van der Waals surface area contributed by atoms with Gasteiger partial charge in [-0.3, -0.25) is 9.59 Å². The fourth-order valence-corrected chi connectivity index (χ4v) is 4.46. The van der Waals surface area contributed by atoms with E-state index < -0.39 is 0 Å². The Morgan fingerprint density at radius 2 is 1.61 bits per heavy atom. The lowest BCUT2D eigenvalue weighted by molar-refractivity contribution is -0.135. The number of carbonyl (C=O) groups excluding carboxylic acids is 1. The average molecular weight is 442 g/mol. The van der Waals surface area contributed by atoms with Gasteiger partial charge in [0.1, 0.15) is 36.6 Å². The number of ether oxygens (including phenoxy) is 3. The highest BCUT2D eigenvalue weighted by atomic mass is 16.6. The van der Waals surface area contributed by atoms with Crippen molar-refractivity contribution in [3.8, 4) is 34.1 Å². The van der Waals surface area contributed by atoms with Crippen LogP contribution >= 0.6 is 0 Å². The Morgan fingerprint density at radius 1 is 0.848 bits per heavy atom. The molecular formula is C26H18O7. The third-order valence-corrected chi connectivity index (χ3v) is 6.03. The highest BCUT2D eigenvalue weighted by Crippen LogP contribution is 2.44. The summed E-state index contributed by atoms with van der Waals surface area (Å²) in [7, 11) is 0. The van der Waals surface area contributed by atoms with E-state index in [1.54, 1.807) is 24.3 Å². The number of carbonyl (C=O) groups is 1. The summed E-state index contributed by atoms with van der Waals surface area (Å²) < 4.78 is 22.8. The Balaban J connectivity index is 1.53. The molecule has 7 nitrogen and oxygen atoms in total. The summed E-state index contributed by atoms with van der Waals surface area (Å²) in [5, 5.41) is 9.94. The molecule has 0 radical (unpaired) electrons. The molecule has 1 atom stereocenters. The summed E-state index contributed by atoms with van der Waals surface area (Å²) >= 11 is 0. The summed E-state index contributed by atoms with van der Waals surface area (Å²) in [5.74, 6) is 1.04. The topological polar surface area (TPSA) is 95.2 Å². The van der Waals surface area contributed by atoms with Crippen LogP contribution in [-0.2, 0) is 4.79 Å². The summed E-state index contributed by atoms with van der Waals surface area (Å²) in [6, 6.07) is 15.2. The molecule has 1 aromatic heterocycles. The van der Waals surface area contributed by atoms with Crippen molar-refractivity contribution >= 4 is 16.9 Å². The normalized spacial score (nSPS) is 16.8. The quantitative estimate of drug-likeness (QED) is 0.364. The second-order valence-electron chi connectivity index (χ2n) is 8.01. The molecule has 0 aliphatic carbocycles. The van der Waals surface area contributed by atoms with E-state index >= 15 is 0 Å². The van der Waals surface area contributed by atoms with Gasteiger partial charge in [-0.1, -0.05) is 18.2 Å². The highest BCUT2D eigenvalue weighted by molar-refractivity contribution is 5.90. The van der Waals surface area contributed by atoms with Crippen molar-refractivity contribution < 1.29 is 28.5 Å². The molecule has 3 aromatic carbocycles. The van der Waals surface area contributed by atoms with E-state index in [2.05, 4.69) is 0 Å². The van der Waals surface area contributed by atoms with Gasteiger partial charge in [-0.2, -0.15) is 0 Å². The molecule has 6 rings (SSSR count). The van der Waals surface area contributed by atoms with Crippen LogP contribution < -0.4 is 19.6 Å². The summed E-state index contributed by atoms with van der Waals surface area (Å²) in [6.07, 6.45) is 1.52. The molecule has 2 aliphatic heterocycles. The second-order valence-corrected chi connectivity index (χ2v) is 8.01. The fraction of sp³-hybridized carbons (Fsp3) is 0.154. The summed E-state index contributed by atoms with van der Waals surface area (Å²) in [5.41, 5.74) is 2.69. The predicted molar refractivity (Wildman–Crippen MR) is 119 cm³/mol. The van der Waals surface area contributed by atoms with Crippen molar-refractivity contribution in [1.82, 2.24) is 0 Å². The molecule has 1 N–H and O–H groups in total. The van der Waals surface area contributed by atoms with E-state index in [0.29, 0.717) is 58.1 Å². The van der Waals surface area contributed by atoms with E-state index in [-0.39, 0.29) is 29.5 Å². The molecule has 164 valence electrons. The van der Waals surface area contributed by atoms with Crippen LogP contribution in [0.15, 0.2) is 70.1 Å². The van der Waals surface area contributed by atoms with Crippen LogP contribution in [0.1, 0.15) is 23.5 Å². The number of hydrogen-bond acceptors (Lipinski definition) is 7. The van der Waals surface area contributed by atoms with E-state index in [1.165, 1.54) is 18.4 Å². The molecular weight excluding hydrogens is 424 g/mol. The van der Waals surface area contributed by atoms with Crippen molar-refractivity contribution in [1.29, 1.82) is 0 Å². The molecule has 2 aliphatic rings. The predicted octanol–water partition coefficient (Wildman–Crippen LogP) is 4.38. The van der Waals surface area contributed by atoms with E-state index in [0.717, 1.165) is 5.56 Å². The van der Waals surface area contributed by atoms with Gasteiger partial charge >= 0.3 is 5.97 Å². The van der Waals surface area contributed by atoms with Crippen molar-refractivity contribution in [3.63, 3.8) is 0 Å². The minimum absolute atomic E-state index is 0.106. The molecule has 0 saturated carbocycles. The van der Waals surface area contributed by atoms with Gasteiger partial charge in [-0.05, 0) is 47.5 Å². The maximum atomic E-state index is 13.3. The minimum Gasteiger partial charge on any atom is -0.508 e. The van der Waals surface area contributed by atoms with E-state index in [4.69, 9.17) is 18.6 Å². The van der Waals surface area contributed by atoms with Gasteiger partial charge < -0.3 is 23.7 Å². The maximum Gasteiger partial charge on any atom is 0.312 e. The van der Waals surface area contributed by atoms with Crippen LogP contribution in [0.2, 0.25) is 0 Å². The van der Waals surface area contributed by atoms with Crippen LogP contribution in [-0.4, -0.2) is 24.3 Å². The van der Waals surface area contributed by atoms with Crippen molar-refractivity contribution in [2.24, 2.45) is 0 Å². The number of esters is 1. The van der Waals surface area contributed by atoms with Gasteiger partial charge in [-0.25, -0.2) is 0 Å². The van der Waals surface area contributed by atoms with Gasteiger partial charge in [-0.15, -0.1) is 0 Å². The van der Waals surface area contributed by atoms with Crippen LogP contribution in [0.25, 0.3) is 22.1 Å². The molecule has 3 heterocycles. The smallest absolute Gasteiger partial charge is 0.312 e. The zero-order valence-corrected chi connectivity index (χ0v) is 17.4. The van der Waals surface area contributed by atoms with Crippen LogP contribution in [0.3, 0.4) is 0 Å². The molecule has 0 saturated heterocycles. The molecule has 0 bridgehead atoms. The third kappa shape index (κ3) is 3.20. The summed E-state index contributed by atoms with van der Waals surface area (Å²) in [6.45, 7) is 0.946. The van der Waals surface area contributed by atoms with Crippen LogP contribution in [0, 0.1) is 0 Å². The molecule has 0 unspecified atom stereocenters. The molecule has 0 fully saturated rings. The number of hydrogen-bond donors (Lipinski definition) is 1. The number of phenolic OH excluding ortho intramolecular Hbond substituents is 1. The fourth-order valence-electron chi connectivity index (χ4n) is 4.46. The first kappa shape index (κ1) is 19.4. The average Bonchev–Trinajstić information content (AvgIpc) is 2.84. The Kier molecular flexibility index (Phi) is 4.36. The molecule has 4 aromatic rings. The lowest BCUT2D eigenvalue weighted by atomic mass is 9.85. The lowest BCUT2D eigenvalue weighted by Crippen LogP contribution is -2.22. The zero-order chi connectivity index (χ0) is 22.5. The number of fused-ring (bicyclic) bond motifs is 4. The SMILES string of the molecule is O=C1C[C@H](c2ccc3c(c2)OCCO3)c2c(ccc3c(=O)c(-c4ccc(O)cc4)coc23)O1. The second kappa shape index (κ2) is 7.41. The maximum absolute atomic E-state index is 13.3. The van der Waals surface area contributed by atoms with Gasteiger partial charge in [0.25, 0.3) is 0 Å². The summed E-state index contributed by atoms with van der Waals surface area (Å²) in [4.78, 5) is 25.7. The van der Waals surface area contributed by atoms with Gasteiger partial charge in [0.2, 0.25) is 5.43 Å². The number of rotatable bonds is 2. The Morgan fingerprint density at radius 3 is 2.42 bits per heavy atom. The first-order valence-corrected chi connectivity index (χ1v) is 10.6. The molecule has 0 spiro atoms. The first-order chi connectivity index (χ1) is 16.1. The highest BCUT2D eigenvalue weighted by Gasteiger charge is 2.33. The lowest BCUT2D eigenvalue weighted by Gasteiger charge is -2.27. The van der Waals surface area contributed by atoms with Crippen molar-refractivity contribution in [2.45, 2.75) is 12.3 Å². The minimum atomic E-state index is -0.372. The standard InChI is InChI=1S/C26H18O7/c27-16-4-1-14(2-5-16)19-13-32-26-17(25(19)29)6-8-21-24(26)18(12-23(28)33-21)15-3-7-20-22(11-15)31-10-9-30-20/h1-8,11,13,18,27H,9-10,12H2/t18-/m1/s1.